The minimum Gasteiger partial charge on any atom is -0.497 e. The van der Waals surface area contributed by atoms with Crippen molar-refractivity contribution < 1.29 is 14.3 Å². The summed E-state index contributed by atoms with van der Waals surface area (Å²) in [5.41, 5.74) is 0.567. The van der Waals surface area contributed by atoms with Crippen molar-refractivity contribution in [3.63, 3.8) is 0 Å². The molecule has 1 heterocycles. The number of thioether (sulfide) groups is 2. The van der Waals surface area contributed by atoms with Gasteiger partial charge in [0.05, 0.1) is 12.9 Å². The highest BCUT2D eigenvalue weighted by atomic mass is 32.2. The summed E-state index contributed by atoms with van der Waals surface area (Å²) < 4.78 is 6.56. The highest BCUT2D eigenvalue weighted by molar-refractivity contribution is 8.03. The van der Waals surface area contributed by atoms with Gasteiger partial charge in [0, 0.05) is 5.69 Å². The zero-order valence-corrected chi connectivity index (χ0v) is 14.8. The lowest BCUT2D eigenvalue weighted by Crippen LogP contribution is -2.35. The summed E-state index contributed by atoms with van der Waals surface area (Å²) in [5.74, 6) is 0.381. The number of benzene rings is 1. The molecule has 23 heavy (non-hydrogen) atoms. The van der Waals surface area contributed by atoms with Crippen molar-refractivity contribution >= 4 is 52.5 Å². The van der Waals surface area contributed by atoms with E-state index in [0.29, 0.717) is 15.8 Å². The Bertz CT molecular complexity index is 675. The summed E-state index contributed by atoms with van der Waals surface area (Å²) in [6.07, 6.45) is 1.91. The van der Waals surface area contributed by atoms with Crippen LogP contribution in [0.3, 0.4) is 0 Å². The number of hydrogen-bond donors (Lipinski definition) is 2. The maximum absolute atomic E-state index is 11.7. The molecule has 2 aromatic rings. The number of nitrogens with zero attached hydrogens (tertiary/aromatic N) is 2. The van der Waals surface area contributed by atoms with Crippen molar-refractivity contribution in [2.24, 2.45) is 0 Å². The molecular weight excluding hydrogens is 356 g/mol. The van der Waals surface area contributed by atoms with Gasteiger partial charge >= 0.3 is 6.03 Å². The number of aromatic nitrogens is 2. The molecule has 0 radical (unpaired) electrons. The fourth-order valence-corrected chi connectivity index (χ4v) is 3.70. The quantitative estimate of drug-likeness (QED) is 0.755. The highest BCUT2D eigenvalue weighted by Crippen LogP contribution is 2.26. The number of amides is 3. The second-order valence-electron chi connectivity index (χ2n) is 4.06. The van der Waals surface area contributed by atoms with Gasteiger partial charge < -0.3 is 10.1 Å². The molecule has 0 aliphatic heterocycles. The Balaban J connectivity index is 1.76. The Kier molecular flexibility index (Phi) is 6.68. The van der Waals surface area contributed by atoms with Crippen LogP contribution in [0.25, 0.3) is 0 Å². The fraction of sp³-hybridized carbons (Fsp3) is 0.231. The molecule has 0 saturated carbocycles. The third-order valence-corrected chi connectivity index (χ3v) is 5.52. The van der Waals surface area contributed by atoms with Crippen LogP contribution in [0.15, 0.2) is 32.9 Å². The van der Waals surface area contributed by atoms with Crippen molar-refractivity contribution in [2.45, 2.75) is 8.68 Å². The van der Waals surface area contributed by atoms with Crippen LogP contribution < -0.4 is 15.4 Å². The average molecular weight is 370 g/mol. The number of carbonyl (C=O) groups is 2. The van der Waals surface area contributed by atoms with Crippen LogP contribution >= 0.6 is 34.9 Å². The van der Waals surface area contributed by atoms with Crippen molar-refractivity contribution in [1.82, 2.24) is 15.5 Å². The molecule has 0 saturated heterocycles. The highest BCUT2D eigenvalue weighted by Gasteiger charge is 2.11. The number of carbonyl (C=O) groups excluding carboxylic acids is 2. The first-order valence-corrected chi connectivity index (χ1v) is 9.38. The van der Waals surface area contributed by atoms with Crippen LogP contribution in [0.4, 0.5) is 10.5 Å². The molecule has 3 amide bonds. The molecular formula is C13H14N4O3S3. The number of methoxy groups -OCH3 is 1. The predicted molar refractivity (Wildman–Crippen MR) is 92.6 cm³/mol. The van der Waals surface area contributed by atoms with Gasteiger partial charge in [-0.1, -0.05) is 34.9 Å². The van der Waals surface area contributed by atoms with Gasteiger partial charge in [-0.25, -0.2) is 4.79 Å². The van der Waals surface area contributed by atoms with E-state index >= 15 is 0 Å². The summed E-state index contributed by atoms with van der Waals surface area (Å²) in [6, 6.07) is 6.21. The van der Waals surface area contributed by atoms with Gasteiger partial charge in [-0.2, -0.15) is 0 Å². The SMILES string of the molecule is COc1ccc(NC(=O)NC(=O)CSc2nnc(SC)s2)cc1. The number of hydrogen-bond acceptors (Lipinski definition) is 8. The van der Waals surface area contributed by atoms with E-state index in [2.05, 4.69) is 20.8 Å². The van der Waals surface area contributed by atoms with Gasteiger partial charge in [0.15, 0.2) is 8.68 Å². The van der Waals surface area contributed by atoms with E-state index in [9.17, 15) is 9.59 Å². The molecule has 0 atom stereocenters. The van der Waals surface area contributed by atoms with Gasteiger partial charge in [0.2, 0.25) is 5.91 Å². The van der Waals surface area contributed by atoms with Crippen LogP contribution in [0.1, 0.15) is 0 Å². The topological polar surface area (TPSA) is 93.2 Å². The normalized spacial score (nSPS) is 10.2. The van der Waals surface area contributed by atoms with E-state index in [4.69, 9.17) is 4.74 Å². The van der Waals surface area contributed by atoms with E-state index in [0.717, 1.165) is 4.34 Å². The van der Waals surface area contributed by atoms with Crippen LogP contribution in [-0.2, 0) is 4.79 Å². The van der Waals surface area contributed by atoms with Gasteiger partial charge in [-0.05, 0) is 30.5 Å². The molecule has 2 N–H and O–H groups in total. The lowest BCUT2D eigenvalue weighted by Gasteiger charge is -2.07. The lowest BCUT2D eigenvalue weighted by molar-refractivity contribution is -0.117. The summed E-state index contributed by atoms with van der Waals surface area (Å²) in [5, 5.41) is 12.7. The molecule has 0 fully saturated rings. The standard InChI is InChI=1S/C13H14N4O3S3/c1-20-9-5-3-8(4-6-9)14-11(19)15-10(18)7-22-13-17-16-12(21-2)23-13/h3-6H,7H2,1-2H3,(H2,14,15,18,19). The minimum atomic E-state index is -0.581. The van der Waals surface area contributed by atoms with Gasteiger partial charge in [-0.15, -0.1) is 10.2 Å². The third-order valence-electron chi connectivity index (χ3n) is 2.49. The molecule has 0 aliphatic rings. The third kappa shape index (κ3) is 5.73. The zero-order valence-electron chi connectivity index (χ0n) is 12.4. The first kappa shape index (κ1) is 17.6. The van der Waals surface area contributed by atoms with Crippen LogP contribution in [0.2, 0.25) is 0 Å². The minimum absolute atomic E-state index is 0.0963. The summed E-state index contributed by atoms with van der Waals surface area (Å²) >= 11 is 4.15. The van der Waals surface area contributed by atoms with Crippen molar-refractivity contribution in [3.05, 3.63) is 24.3 Å². The maximum Gasteiger partial charge on any atom is 0.325 e. The Morgan fingerprint density at radius 2 is 1.91 bits per heavy atom. The average Bonchev–Trinajstić information content (AvgIpc) is 3.01. The smallest absolute Gasteiger partial charge is 0.325 e. The predicted octanol–water partition coefficient (Wildman–Crippen LogP) is 2.71. The molecule has 0 bridgehead atoms. The summed E-state index contributed by atoms with van der Waals surface area (Å²) in [4.78, 5) is 23.5. The number of nitrogens with one attached hydrogen (secondary N) is 2. The molecule has 122 valence electrons. The molecule has 7 nitrogen and oxygen atoms in total. The van der Waals surface area contributed by atoms with Gasteiger partial charge in [0.25, 0.3) is 0 Å². The summed E-state index contributed by atoms with van der Waals surface area (Å²) in [6.45, 7) is 0. The lowest BCUT2D eigenvalue weighted by atomic mass is 10.3. The van der Waals surface area contributed by atoms with Crippen LogP contribution in [0, 0.1) is 0 Å². The Hall–Kier alpha value is -1.78. The molecule has 1 aromatic heterocycles. The number of rotatable bonds is 6. The zero-order chi connectivity index (χ0) is 16.7. The summed E-state index contributed by atoms with van der Waals surface area (Å²) in [7, 11) is 1.56. The molecule has 0 aliphatic carbocycles. The van der Waals surface area contributed by atoms with Crippen LogP contribution in [-0.4, -0.2) is 41.3 Å². The molecule has 0 spiro atoms. The van der Waals surface area contributed by atoms with E-state index in [-0.39, 0.29) is 5.75 Å². The van der Waals surface area contributed by atoms with Crippen molar-refractivity contribution in [2.75, 3.05) is 24.4 Å². The van der Waals surface area contributed by atoms with Gasteiger partial charge in [0.1, 0.15) is 5.75 Å². The number of anilines is 1. The van der Waals surface area contributed by atoms with E-state index in [1.807, 2.05) is 6.26 Å². The van der Waals surface area contributed by atoms with Crippen molar-refractivity contribution in [1.29, 1.82) is 0 Å². The molecule has 0 unspecified atom stereocenters. The van der Waals surface area contributed by atoms with E-state index in [1.165, 1.54) is 34.9 Å². The fourth-order valence-electron chi connectivity index (χ4n) is 1.46. The Morgan fingerprint density at radius 3 is 2.52 bits per heavy atom. The second kappa shape index (κ2) is 8.75. The monoisotopic (exact) mass is 370 g/mol. The van der Waals surface area contributed by atoms with Crippen LogP contribution in [0.5, 0.6) is 5.75 Å². The van der Waals surface area contributed by atoms with E-state index in [1.54, 1.807) is 31.4 Å². The molecule has 2 rings (SSSR count). The first-order chi connectivity index (χ1) is 11.1. The number of ether oxygens (including phenoxy) is 1. The largest absolute Gasteiger partial charge is 0.497 e. The Labute approximate surface area is 145 Å². The van der Waals surface area contributed by atoms with E-state index < -0.39 is 11.9 Å². The first-order valence-electron chi connectivity index (χ1n) is 6.36. The number of imide groups is 1. The van der Waals surface area contributed by atoms with Crippen molar-refractivity contribution in [3.8, 4) is 5.75 Å². The molecule has 10 heteroatoms. The Morgan fingerprint density at radius 1 is 1.22 bits per heavy atom. The maximum atomic E-state index is 11.7. The molecule has 1 aromatic carbocycles. The second-order valence-corrected chi connectivity index (χ2v) is 7.31. The van der Waals surface area contributed by atoms with Gasteiger partial charge in [-0.3, -0.25) is 10.1 Å². The number of urea groups is 1.